The average molecular weight is 409 g/mol. The molecular formula is C23H28N4OS. The molecule has 6 heteroatoms. The lowest BCUT2D eigenvalue weighted by molar-refractivity contribution is -0.115. The van der Waals surface area contributed by atoms with Crippen LogP contribution in [0.25, 0.3) is 0 Å². The van der Waals surface area contributed by atoms with E-state index < -0.39 is 0 Å². The Bertz CT molecular complexity index is 966. The van der Waals surface area contributed by atoms with Crippen molar-refractivity contribution in [2.75, 3.05) is 5.32 Å². The highest BCUT2D eigenvalue weighted by molar-refractivity contribution is 7.98. The van der Waals surface area contributed by atoms with Crippen LogP contribution in [0.1, 0.15) is 36.4 Å². The van der Waals surface area contributed by atoms with Crippen molar-refractivity contribution in [1.29, 1.82) is 0 Å². The molecule has 2 aromatic heterocycles. The Morgan fingerprint density at radius 2 is 2.00 bits per heavy atom. The van der Waals surface area contributed by atoms with Crippen LogP contribution in [-0.2, 0) is 23.5 Å². The summed E-state index contributed by atoms with van der Waals surface area (Å²) in [7, 11) is 0. The molecule has 2 heterocycles. The SMILES string of the molecule is Cc1nn(CC(C)C)c(C)c1CC(=O)Nc1cccc(CSc2ccccn2)c1. The number of carbonyl (C=O) groups is 1. The first-order valence-electron chi connectivity index (χ1n) is 9.88. The van der Waals surface area contributed by atoms with Crippen LogP contribution in [-0.4, -0.2) is 20.7 Å². The number of thioether (sulfide) groups is 1. The fraction of sp³-hybridized carbons (Fsp3) is 0.348. The number of nitrogens with one attached hydrogen (secondary N) is 1. The summed E-state index contributed by atoms with van der Waals surface area (Å²) < 4.78 is 2.01. The quantitative estimate of drug-likeness (QED) is 0.532. The molecule has 5 nitrogen and oxygen atoms in total. The van der Waals surface area contributed by atoms with Crippen molar-refractivity contribution >= 4 is 23.4 Å². The molecule has 1 amide bonds. The number of anilines is 1. The predicted octanol–water partition coefficient (Wildman–Crippen LogP) is 5.02. The second kappa shape index (κ2) is 9.74. The highest BCUT2D eigenvalue weighted by Crippen LogP contribution is 2.22. The fourth-order valence-electron chi connectivity index (χ4n) is 3.21. The highest BCUT2D eigenvalue weighted by Gasteiger charge is 2.15. The van der Waals surface area contributed by atoms with Gasteiger partial charge in [0.05, 0.1) is 17.1 Å². The Morgan fingerprint density at radius 3 is 2.72 bits per heavy atom. The second-order valence-electron chi connectivity index (χ2n) is 7.61. The van der Waals surface area contributed by atoms with Crippen molar-refractivity contribution in [1.82, 2.24) is 14.8 Å². The van der Waals surface area contributed by atoms with Gasteiger partial charge in [-0.2, -0.15) is 5.10 Å². The van der Waals surface area contributed by atoms with Gasteiger partial charge in [0.25, 0.3) is 0 Å². The van der Waals surface area contributed by atoms with E-state index in [0.29, 0.717) is 12.3 Å². The molecule has 0 aliphatic heterocycles. The van der Waals surface area contributed by atoms with E-state index in [0.717, 1.165) is 45.5 Å². The van der Waals surface area contributed by atoms with Gasteiger partial charge in [-0.25, -0.2) is 4.98 Å². The third kappa shape index (κ3) is 5.94. The first-order valence-corrected chi connectivity index (χ1v) is 10.9. The summed E-state index contributed by atoms with van der Waals surface area (Å²) in [6, 6.07) is 13.9. The van der Waals surface area contributed by atoms with Crippen LogP contribution < -0.4 is 5.32 Å². The molecule has 0 unspecified atom stereocenters. The zero-order valence-corrected chi connectivity index (χ0v) is 18.3. The van der Waals surface area contributed by atoms with Crippen molar-refractivity contribution in [3.8, 4) is 0 Å². The lowest BCUT2D eigenvalue weighted by atomic mass is 10.1. The van der Waals surface area contributed by atoms with Crippen LogP contribution >= 0.6 is 11.8 Å². The van der Waals surface area contributed by atoms with Crippen LogP contribution in [0.4, 0.5) is 5.69 Å². The van der Waals surface area contributed by atoms with Crippen LogP contribution in [0, 0.1) is 19.8 Å². The lowest BCUT2D eigenvalue weighted by Gasteiger charge is -2.09. The van der Waals surface area contributed by atoms with E-state index in [1.54, 1.807) is 18.0 Å². The van der Waals surface area contributed by atoms with Crippen LogP contribution in [0.5, 0.6) is 0 Å². The van der Waals surface area contributed by atoms with Crippen molar-refractivity contribution in [3.63, 3.8) is 0 Å². The number of pyridine rings is 1. The van der Waals surface area contributed by atoms with Crippen LogP contribution in [0.3, 0.4) is 0 Å². The molecule has 0 fully saturated rings. The van der Waals surface area contributed by atoms with E-state index in [-0.39, 0.29) is 5.91 Å². The molecule has 3 aromatic rings. The molecule has 152 valence electrons. The summed E-state index contributed by atoms with van der Waals surface area (Å²) in [4.78, 5) is 17.0. The zero-order valence-electron chi connectivity index (χ0n) is 17.5. The largest absolute Gasteiger partial charge is 0.326 e. The maximum Gasteiger partial charge on any atom is 0.228 e. The molecule has 0 bridgehead atoms. The average Bonchev–Trinajstić information content (AvgIpc) is 2.94. The van der Waals surface area contributed by atoms with Gasteiger partial charge in [0.1, 0.15) is 0 Å². The number of aromatic nitrogens is 3. The zero-order chi connectivity index (χ0) is 20.8. The number of hydrogen-bond acceptors (Lipinski definition) is 4. The molecule has 0 spiro atoms. The molecular weight excluding hydrogens is 380 g/mol. The monoisotopic (exact) mass is 408 g/mol. The summed E-state index contributed by atoms with van der Waals surface area (Å²) >= 11 is 1.68. The minimum absolute atomic E-state index is 0.0187. The van der Waals surface area contributed by atoms with E-state index in [4.69, 9.17) is 0 Å². The number of amides is 1. The van der Waals surface area contributed by atoms with Gasteiger partial charge in [-0.1, -0.05) is 32.0 Å². The number of benzene rings is 1. The van der Waals surface area contributed by atoms with Gasteiger partial charge >= 0.3 is 0 Å². The van der Waals surface area contributed by atoms with E-state index in [1.165, 1.54) is 0 Å². The van der Waals surface area contributed by atoms with Gasteiger partial charge in [0.2, 0.25) is 5.91 Å². The first kappa shape index (κ1) is 21.1. The Balaban J connectivity index is 1.62. The number of aryl methyl sites for hydroxylation is 1. The van der Waals surface area contributed by atoms with Gasteiger partial charge < -0.3 is 5.32 Å². The maximum atomic E-state index is 12.6. The molecule has 0 radical (unpaired) electrons. The second-order valence-corrected chi connectivity index (χ2v) is 8.60. The number of rotatable bonds is 8. The van der Waals surface area contributed by atoms with Crippen molar-refractivity contribution in [2.45, 2.75) is 51.4 Å². The van der Waals surface area contributed by atoms with E-state index >= 15 is 0 Å². The molecule has 3 rings (SSSR count). The Morgan fingerprint density at radius 1 is 1.17 bits per heavy atom. The Hall–Kier alpha value is -2.60. The number of nitrogens with zero attached hydrogens (tertiary/aromatic N) is 3. The van der Waals surface area contributed by atoms with Gasteiger partial charge in [-0.05, 0) is 49.6 Å². The minimum Gasteiger partial charge on any atom is -0.326 e. The summed E-state index contributed by atoms with van der Waals surface area (Å²) in [5.41, 5.74) is 4.99. The van der Waals surface area contributed by atoms with Crippen LogP contribution in [0.15, 0.2) is 53.7 Å². The topological polar surface area (TPSA) is 59.8 Å². The normalized spacial score (nSPS) is 11.1. The Labute approximate surface area is 176 Å². The standard InChI is InChI=1S/C23H28N4OS/c1-16(2)14-27-18(4)21(17(3)26-27)13-22(28)25-20-9-7-8-19(12-20)15-29-23-10-5-6-11-24-23/h5-12,16H,13-15H2,1-4H3,(H,25,28). The molecule has 0 atom stereocenters. The molecule has 1 aromatic carbocycles. The molecule has 1 N–H and O–H groups in total. The third-order valence-electron chi connectivity index (χ3n) is 4.64. The number of hydrogen-bond donors (Lipinski definition) is 1. The van der Waals surface area contributed by atoms with Gasteiger partial charge in [-0.15, -0.1) is 11.8 Å². The predicted molar refractivity (Wildman–Crippen MR) is 119 cm³/mol. The minimum atomic E-state index is -0.0187. The van der Waals surface area contributed by atoms with Gasteiger partial charge in [0, 0.05) is 35.4 Å². The van der Waals surface area contributed by atoms with Crippen molar-refractivity contribution in [2.24, 2.45) is 5.92 Å². The molecule has 0 saturated carbocycles. The van der Waals surface area contributed by atoms with Gasteiger partial charge in [-0.3, -0.25) is 9.48 Å². The molecule has 0 aliphatic carbocycles. The third-order valence-corrected chi connectivity index (χ3v) is 5.66. The van der Waals surface area contributed by atoms with Crippen molar-refractivity contribution < 1.29 is 4.79 Å². The Kier molecular flexibility index (Phi) is 7.09. The molecule has 0 saturated heterocycles. The van der Waals surface area contributed by atoms with Crippen LogP contribution in [0.2, 0.25) is 0 Å². The number of carbonyl (C=O) groups excluding carboxylic acids is 1. The fourth-order valence-corrected chi connectivity index (χ4v) is 4.01. The van der Waals surface area contributed by atoms with E-state index in [1.807, 2.05) is 54.9 Å². The maximum absolute atomic E-state index is 12.6. The molecule has 0 aliphatic rings. The lowest BCUT2D eigenvalue weighted by Crippen LogP contribution is -2.15. The summed E-state index contributed by atoms with van der Waals surface area (Å²) in [6.45, 7) is 9.22. The van der Waals surface area contributed by atoms with Crippen molar-refractivity contribution in [3.05, 3.63) is 71.2 Å². The van der Waals surface area contributed by atoms with Gasteiger partial charge in [0.15, 0.2) is 0 Å². The molecule has 29 heavy (non-hydrogen) atoms. The van der Waals surface area contributed by atoms with E-state index in [9.17, 15) is 4.79 Å². The highest BCUT2D eigenvalue weighted by atomic mass is 32.2. The summed E-state index contributed by atoms with van der Waals surface area (Å²) in [6.07, 6.45) is 2.13. The van der Waals surface area contributed by atoms with E-state index in [2.05, 4.69) is 35.3 Å². The summed E-state index contributed by atoms with van der Waals surface area (Å²) in [5, 5.41) is 8.63. The summed E-state index contributed by atoms with van der Waals surface area (Å²) in [5.74, 6) is 1.30. The first-order chi connectivity index (χ1) is 13.9. The smallest absolute Gasteiger partial charge is 0.228 e.